The van der Waals surface area contributed by atoms with Crippen molar-refractivity contribution >= 4 is 53.2 Å². The van der Waals surface area contributed by atoms with Crippen LogP contribution in [0.1, 0.15) is 64.1 Å². The van der Waals surface area contributed by atoms with Crippen LogP contribution in [-0.2, 0) is 27.6 Å². The van der Waals surface area contributed by atoms with Gasteiger partial charge in [0.15, 0.2) is 11.5 Å². The van der Waals surface area contributed by atoms with E-state index in [0.717, 1.165) is 11.6 Å². The van der Waals surface area contributed by atoms with Crippen molar-refractivity contribution in [1.29, 1.82) is 5.26 Å². The summed E-state index contributed by atoms with van der Waals surface area (Å²) in [7, 11) is 0.202. The van der Waals surface area contributed by atoms with Crippen LogP contribution in [0.25, 0.3) is 21.9 Å². The van der Waals surface area contributed by atoms with Crippen LogP contribution in [0.3, 0.4) is 0 Å². The van der Waals surface area contributed by atoms with Crippen LogP contribution in [0.2, 0.25) is 25.7 Å². The smallest absolute Gasteiger partial charge is 0.419 e. The van der Waals surface area contributed by atoms with Crippen molar-refractivity contribution in [3.8, 4) is 11.8 Å². The van der Waals surface area contributed by atoms with Gasteiger partial charge in [0.05, 0.1) is 40.9 Å². The maximum atomic E-state index is 13.8. The molecule has 46 heavy (non-hydrogen) atoms. The highest BCUT2D eigenvalue weighted by molar-refractivity contribution is 7.91. The molecule has 246 valence electrons. The van der Waals surface area contributed by atoms with E-state index >= 15 is 0 Å². The van der Waals surface area contributed by atoms with Crippen molar-refractivity contribution in [3.05, 3.63) is 59.0 Å². The minimum absolute atomic E-state index is 0.141. The van der Waals surface area contributed by atoms with Gasteiger partial charge in [0, 0.05) is 26.3 Å². The monoisotopic (exact) mass is 663 g/mol. The molecule has 0 amide bonds. The number of carbonyl (C=O) groups is 1. The maximum absolute atomic E-state index is 13.8. The zero-order chi connectivity index (χ0) is 34.2. The molecule has 1 unspecified atom stereocenters. The number of methoxy groups -OCH3 is 1. The van der Waals surface area contributed by atoms with Crippen LogP contribution in [0.5, 0.6) is 5.75 Å². The molecule has 4 rings (SSSR count). The van der Waals surface area contributed by atoms with Crippen molar-refractivity contribution in [2.24, 2.45) is 4.40 Å². The third-order valence-electron chi connectivity index (χ3n) is 7.17. The predicted molar refractivity (Wildman–Crippen MR) is 187 cm³/mol. The first kappa shape index (κ1) is 35.2. The summed E-state index contributed by atoms with van der Waals surface area (Å²) >= 11 is -1.70. The summed E-state index contributed by atoms with van der Waals surface area (Å²) in [4.78, 5) is 18.3. The molecule has 0 spiro atoms. The topological polar surface area (TPSA) is 127 Å². The number of carbonyl (C=O) groups excluding carboxylic acids is 1. The van der Waals surface area contributed by atoms with E-state index in [1.807, 2.05) is 65.2 Å². The van der Waals surface area contributed by atoms with E-state index in [2.05, 4.69) is 25.7 Å². The standard InChI is InChI=1S/C34H45N5O5SSi/c1-22-18-27(42-8)28(24-14-15-38(30(22)24)32(40)44-33(2,3)4)29(37-45(41)34(5,6)7)31-36-25-13-12-23(20-35)19-26(25)39(31)21-43-16-17-46(9,10)11/h12-15,18-19H,16-17,21H2,1-11H3/b37-29+. The lowest BCUT2D eigenvalue weighted by molar-refractivity contribution is 0.0544. The Balaban J connectivity index is 2.05. The summed E-state index contributed by atoms with van der Waals surface area (Å²) < 4.78 is 39.2. The predicted octanol–water partition coefficient (Wildman–Crippen LogP) is 7.57. The van der Waals surface area contributed by atoms with Crippen LogP contribution in [0.4, 0.5) is 4.79 Å². The number of aromatic nitrogens is 3. The molecule has 0 fully saturated rings. The summed E-state index contributed by atoms with van der Waals surface area (Å²) in [6.45, 7) is 20.5. The van der Waals surface area contributed by atoms with Crippen LogP contribution in [-0.4, -0.2) is 62.6 Å². The van der Waals surface area contributed by atoms with Gasteiger partial charge < -0.3 is 18.8 Å². The van der Waals surface area contributed by atoms with Gasteiger partial charge in [-0.2, -0.15) is 5.26 Å². The lowest BCUT2D eigenvalue weighted by atomic mass is 10.00. The number of nitriles is 1. The van der Waals surface area contributed by atoms with E-state index in [1.165, 1.54) is 4.57 Å². The number of fused-ring (bicyclic) bond motifs is 2. The van der Waals surface area contributed by atoms with Crippen molar-refractivity contribution < 1.29 is 23.6 Å². The third-order valence-corrected chi connectivity index (χ3v) is 10.3. The summed E-state index contributed by atoms with van der Waals surface area (Å²) in [5, 5.41) is 10.4. The lowest BCUT2D eigenvalue weighted by Crippen LogP contribution is -2.28. The molecular weight excluding hydrogens is 619 g/mol. The average molecular weight is 664 g/mol. The van der Waals surface area contributed by atoms with Crippen LogP contribution < -0.4 is 4.74 Å². The first-order valence-electron chi connectivity index (χ1n) is 15.3. The molecular formula is C34H45N5O5SSi. The summed E-state index contributed by atoms with van der Waals surface area (Å²) in [6, 6.07) is 12.1. The first-order chi connectivity index (χ1) is 21.3. The molecule has 10 nitrogen and oxygen atoms in total. The van der Waals surface area contributed by atoms with E-state index < -0.39 is 35.9 Å². The van der Waals surface area contributed by atoms with Gasteiger partial charge in [-0.05, 0) is 90.4 Å². The van der Waals surface area contributed by atoms with Crippen LogP contribution >= 0.6 is 0 Å². The summed E-state index contributed by atoms with van der Waals surface area (Å²) in [5.41, 5.74) is 3.34. The Bertz CT molecular complexity index is 1830. The number of rotatable bonds is 9. The zero-order valence-electron chi connectivity index (χ0n) is 28.8. The minimum Gasteiger partial charge on any atom is -0.591 e. The van der Waals surface area contributed by atoms with Gasteiger partial charge >= 0.3 is 6.09 Å². The van der Waals surface area contributed by atoms with Crippen molar-refractivity contribution in [3.63, 3.8) is 0 Å². The first-order valence-corrected chi connectivity index (χ1v) is 20.1. The Hall–Kier alpha value is -3.63. The molecule has 0 bridgehead atoms. The number of aryl methyl sites for hydroxylation is 1. The molecule has 2 aromatic heterocycles. The maximum Gasteiger partial charge on any atom is 0.419 e. The number of hydrogen-bond acceptors (Lipinski definition) is 8. The number of benzene rings is 2. The zero-order valence-corrected chi connectivity index (χ0v) is 30.6. The van der Waals surface area contributed by atoms with Gasteiger partial charge in [-0.15, -0.1) is 0 Å². The Labute approximate surface area is 275 Å². The fourth-order valence-electron chi connectivity index (χ4n) is 4.83. The van der Waals surface area contributed by atoms with E-state index in [9.17, 15) is 14.6 Å². The van der Waals surface area contributed by atoms with Crippen molar-refractivity contribution in [2.75, 3.05) is 13.7 Å². The quantitative estimate of drug-likeness (QED) is 0.0782. The van der Waals surface area contributed by atoms with E-state index in [-0.39, 0.29) is 6.73 Å². The van der Waals surface area contributed by atoms with Gasteiger partial charge in [0.1, 0.15) is 34.2 Å². The highest BCUT2D eigenvalue weighted by Gasteiger charge is 2.33. The Morgan fingerprint density at radius 1 is 1.13 bits per heavy atom. The molecule has 0 saturated heterocycles. The Morgan fingerprint density at radius 3 is 2.41 bits per heavy atom. The highest BCUT2D eigenvalue weighted by Crippen LogP contribution is 2.36. The van der Waals surface area contributed by atoms with Gasteiger partial charge in [-0.1, -0.05) is 24.0 Å². The van der Waals surface area contributed by atoms with Gasteiger partial charge in [-0.3, -0.25) is 9.13 Å². The van der Waals surface area contributed by atoms with Gasteiger partial charge in [-0.25, -0.2) is 9.78 Å². The molecule has 2 aromatic carbocycles. The average Bonchev–Trinajstić information content (AvgIpc) is 3.54. The number of imidazole rings is 1. The lowest BCUT2D eigenvalue weighted by Gasteiger charge is -2.22. The fraction of sp³-hybridized carbons (Fsp3) is 0.471. The van der Waals surface area contributed by atoms with Crippen molar-refractivity contribution in [1.82, 2.24) is 14.1 Å². The molecule has 0 aliphatic rings. The SMILES string of the molecule is COc1cc(C)c2c(ccn2C(=O)OC(C)(C)C)c1/C(=N\[S+]([O-])C(C)(C)C)c1nc2ccc(C#N)cc2n1COCC[Si](C)(C)C. The van der Waals surface area contributed by atoms with Crippen LogP contribution in [0, 0.1) is 18.3 Å². The fourth-order valence-corrected chi connectivity index (χ4v) is 6.20. The molecule has 0 N–H and O–H groups in total. The van der Waals surface area contributed by atoms with Crippen molar-refractivity contribution in [2.45, 2.75) is 91.2 Å². The number of ether oxygens (including phenoxy) is 3. The molecule has 12 heteroatoms. The Morgan fingerprint density at radius 2 is 1.83 bits per heavy atom. The molecule has 2 heterocycles. The van der Waals surface area contributed by atoms with Gasteiger partial charge in [0.25, 0.3) is 0 Å². The summed E-state index contributed by atoms with van der Waals surface area (Å²) in [6.07, 6.45) is 1.14. The van der Waals surface area contributed by atoms with Gasteiger partial charge in [0.2, 0.25) is 0 Å². The largest absolute Gasteiger partial charge is 0.591 e. The molecule has 0 aliphatic carbocycles. The highest BCUT2D eigenvalue weighted by atomic mass is 32.2. The molecule has 0 saturated carbocycles. The van der Waals surface area contributed by atoms with E-state index in [4.69, 9.17) is 23.6 Å². The third kappa shape index (κ3) is 7.83. The van der Waals surface area contributed by atoms with E-state index in [0.29, 0.717) is 57.0 Å². The summed E-state index contributed by atoms with van der Waals surface area (Å²) in [5.74, 6) is 0.886. The Kier molecular flexibility index (Phi) is 10.1. The number of nitrogens with zero attached hydrogens (tertiary/aromatic N) is 5. The second kappa shape index (κ2) is 13.2. The molecule has 0 radical (unpaired) electrons. The molecule has 1 atom stereocenters. The minimum atomic E-state index is -1.70. The second-order valence-electron chi connectivity index (χ2n) is 14.5. The second-order valence-corrected chi connectivity index (χ2v) is 22.1. The van der Waals surface area contributed by atoms with Crippen LogP contribution in [0.15, 0.2) is 40.9 Å². The molecule has 4 aromatic rings. The van der Waals surface area contributed by atoms with E-state index in [1.54, 1.807) is 31.5 Å². The molecule has 0 aliphatic heterocycles. The number of hydrogen-bond donors (Lipinski definition) is 0. The normalized spacial score (nSPS) is 13.7.